The van der Waals surface area contributed by atoms with Crippen molar-refractivity contribution in [2.75, 3.05) is 12.8 Å². The summed E-state index contributed by atoms with van der Waals surface area (Å²) in [6.45, 7) is 3.61. The van der Waals surface area contributed by atoms with Crippen LogP contribution < -0.4 is 5.73 Å². The van der Waals surface area contributed by atoms with E-state index in [-0.39, 0.29) is 0 Å². The Morgan fingerprint density at radius 3 is 3.00 bits per heavy atom. The highest BCUT2D eigenvalue weighted by molar-refractivity contribution is 5.65. The highest BCUT2D eigenvalue weighted by Gasteiger charge is 2.03. The van der Waals surface area contributed by atoms with Crippen LogP contribution in [0.4, 0.5) is 5.82 Å². The summed E-state index contributed by atoms with van der Waals surface area (Å²) in [6, 6.07) is 0. The van der Waals surface area contributed by atoms with Gasteiger partial charge in [-0.1, -0.05) is 6.58 Å². The summed E-state index contributed by atoms with van der Waals surface area (Å²) in [5.41, 5.74) is 6.17. The molecule has 3 N–H and O–H groups in total. The molecule has 1 aromatic rings. The van der Waals surface area contributed by atoms with Crippen LogP contribution in [-0.2, 0) is 4.74 Å². The van der Waals surface area contributed by atoms with Crippen molar-refractivity contribution >= 4 is 11.6 Å². The van der Waals surface area contributed by atoms with Crippen LogP contribution in [0, 0.1) is 0 Å². The molecule has 10 heavy (non-hydrogen) atoms. The predicted octanol–water partition coefficient (Wildman–Crippen LogP) is 0.609. The van der Waals surface area contributed by atoms with Crippen LogP contribution in [0.1, 0.15) is 5.56 Å². The lowest BCUT2D eigenvalue weighted by Crippen LogP contribution is -1.91. The van der Waals surface area contributed by atoms with Crippen LogP contribution in [0.15, 0.2) is 12.8 Å². The fourth-order valence-corrected chi connectivity index (χ4v) is 0.628. The maximum absolute atomic E-state index is 5.46. The molecule has 54 valence electrons. The Morgan fingerprint density at radius 2 is 2.60 bits per heavy atom. The molecular formula is C6H9N3O. The topological polar surface area (TPSA) is 63.9 Å². The van der Waals surface area contributed by atoms with E-state index < -0.39 is 0 Å². The molecule has 0 aliphatic heterocycles. The molecule has 1 aromatic heterocycles. The first-order valence-corrected chi connectivity index (χ1v) is 2.78. The van der Waals surface area contributed by atoms with Crippen LogP contribution >= 0.6 is 0 Å². The van der Waals surface area contributed by atoms with Crippen LogP contribution in [0.2, 0.25) is 0 Å². The van der Waals surface area contributed by atoms with Gasteiger partial charge in [-0.2, -0.15) is 5.10 Å². The van der Waals surface area contributed by atoms with Crippen molar-refractivity contribution in [3.05, 3.63) is 18.3 Å². The Labute approximate surface area is 58.7 Å². The molecule has 1 heterocycles. The van der Waals surface area contributed by atoms with E-state index in [2.05, 4.69) is 16.8 Å². The molecule has 0 atom stereocenters. The van der Waals surface area contributed by atoms with E-state index in [9.17, 15) is 0 Å². The second kappa shape index (κ2) is 2.43. The second-order valence-corrected chi connectivity index (χ2v) is 1.82. The molecule has 0 unspecified atom stereocenters. The standard InChI is InChI=1S/C6H9N3O/c1-4(10-2)5-3-8-9-6(5)7/h3H,1H2,2H3,(H3,7,8,9). The normalized spacial score (nSPS) is 9.30. The zero-order valence-electron chi connectivity index (χ0n) is 5.72. The number of H-pyrrole nitrogens is 1. The molecule has 0 radical (unpaired) electrons. The number of nitrogen functional groups attached to an aromatic ring is 1. The summed E-state index contributed by atoms with van der Waals surface area (Å²) in [6.07, 6.45) is 1.57. The van der Waals surface area contributed by atoms with Gasteiger partial charge in [0.05, 0.1) is 18.9 Å². The number of nitrogens with one attached hydrogen (secondary N) is 1. The summed E-state index contributed by atoms with van der Waals surface area (Å²) in [4.78, 5) is 0. The minimum absolute atomic E-state index is 0.479. The highest BCUT2D eigenvalue weighted by atomic mass is 16.5. The highest BCUT2D eigenvalue weighted by Crippen LogP contribution is 2.16. The van der Waals surface area contributed by atoms with E-state index in [0.29, 0.717) is 17.1 Å². The number of ether oxygens (including phenoxy) is 1. The average Bonchev–Trinajstić information content (AvgIpc) is 2.34. The van der Waals surface area contributed by atoms with Gasteiger partial charge < -0.3 is 10.5 Å². The Kier molecular flexibility index (Phi) is 1.62. The van der Waals surface area contributed by atoms with Crippen LogP contribution in [0.5, 0.6) is 0 Å². The molecule has 0 spiro atoms. The average molecular weight is 139 g/mol. The lowest BCUT2D eigenvalue weighted by molar-refractivity contribution is 0.371. The van der Waals surface area contributed by atoms with Gasteiger partial charge in [-0.05, 0) is 0 Å². The number of nitrogens with zero attached hydrogens (tertiary/aromatic N) is 1. The van der Waals surface area contributed by atoms with Crippen molar-refractivity contribution in [2.24, 2.45) is 0 Å². The van der Waals surface area contributed by atoms with Crippen molar-refractivity contribution in [1.82, 2.24) is 10.2 Å². The van der Waals surface area contributed by atoms with Gasteiger partial charge >= 0.3 is 0 Å². The number of methoxy groups -OCH3 is 1. The summed E-state index contributed by atoms with van der Waals surface area (Å²) < 4.78 is 4.84. The Balaban J connectivity index is 2.93. The maximum atomic E-state index is 5.46. The molecule has 0 saturated carbocycles. The predicted molar refractivity (Wildman–Crippen MR) is 39.0 cm³/mol. The summed E-state index contributed by atoms with van der Waals surface area (Å²) in [7, 11) is 1.54. The molecule has 4 nitrogen and oxygen atoms in total. The quantitative estimate of drug-likeness (QED) is 0.590. The summed E-state index contributed by atoms with van der Waals surface area (Å²) >= 11 is 0. The molecular weight excluding hydrogens is 130 g/mol. The smallest absolute Gasteiger partial charge is 0.129 e. The first-order valence-electron chi connectivity index (χ1n) is 2.78. The van der Waals surface area contributed by atoms with Gasteiger partial charge in [0.1, 0.15) is 11.6 Å². The van der Waals surface area contributed by atoms with Crippen molar-refractivity contribution < 1.29 is 4.74 Å². The number of nitrogens with two attached hydrogens (primary N) is 1. The second-order valence-electron chi connectivity index (χ2n) is 1.82. The van der Waals surface area contributed by atoms with Crippen molar-refractivity contribution in [3.8, 4) is 0 Å². The molecule has 0 aliphatic carbocycles. The van der Waals surface area contributed by atoms with E-state index in [1.165, 1.54) is 7.11 Å². The third-order valence-electron chi connectivity index (χ3n) is 1.22. The van der Waals surface area contributed by atoms with Crippen molar-refractivity contribution in [1.29, 1.82) is 0 Å². The van der Waals surface area contributed by atoms with Crippen molar-refractivity contribution in [3.63, 3.8) is 0 Å². The Hall–Kier alpha value is -1.45. The third-order valence-corrected chi connectivity index (χ3v) is 1.22. The molecule has 0 aromatic carbocycles. The van der Waals surface area contributed by atoms with Gasteiger partial charge in [-0.15, -0.1) is 0 Å². The largest absolute Gasteiger partial charge is 0.497 e. The third kappa shape index (κ3) is 0.953. The number of aromatic nitrogens is 2. The van der Waals surface area contributed by atoms with Gasteiger partial charge in [0, 0.05) is 0 Å². The molecule has 4 heteroatoms. The minimum atomic E-state index is 0.479. The molecule has 0 amide bonds. The molecule has 0 saturated heterocycles. The lowest BCUT2D eigenvalue weighted by atomic mass is 10.3. The molecule has 0 bridgehead atoms. The van der Waals surface area contributed by atoms with E-state index in [1.807, 2.05) is 0 Å². The monoisotopic (exact) mass is 139 g/mol. The molecule has 1 rings (SSSR count). The van der Waals surface area contributed by atoms with Crippen LogP contribution in [-0.4, -0.2) is 17.3 Å². The Morgan fingerprint density at radius 1 is 1.90 bits per heavy atom. The lowest BCUT2D eigenvalue weighted by Gasteiger charge is -1.99. The van der Waals surface area contributed by atoms with E-state index in [1.54, 1.807) is 6.20 Å². The zero-order chi connectivity index (χ0) is 7.56. The molecule has 0 aliphatic rings. The number of aromatic amines is 1. The summed E-state index contributed by atoms with van der Waals surface area (Å²) in [5.74, 6) is 0.998. The summed E-state index contributed by atoms with van der Waals surface area (Å²) in [5, 5.41) is 6.27. The SMILES string of the molecule is C=C(OC)c1cn[nH]c1N. The van der Waals surface area contributed by atoms with E-state index >= 15 is 0 Å². The van der Waals surface area contributed by atoms with Crippen molar-refractivity contribution in [2.45, 2.75) is 0 Å². The number of hydrogen-bond acceptors (Lipinski definition) is 3. The minimum Gasteiger partial charge on any atom is -0.497 e. The van der Waals surface area contributed by atoms with Gasteiger partial charge in [-0.25, -0.2) is 0 Å². The van der Waals surface area contributed by atoms with Gasteiger partial charge in [0.25, 0.3) is 0 Å². The first kappa shape index (κ1) is 6.67. The van der Waals surface area contributed by atoms with Crippen LogP contribution in [0.3, 0.4) is 0 Å². The molecule has 0 fully saturated rings. The van der Waals surface area contributed by atoms with Crippen LogP contribution in [0.25, 0.3) is 5.76 Å². The fraction of sp³-hybridized carbons (Fsp3) is 0.167. The van der Waals surface area contributed by atoms with E-state index in [0.717, 1.165) is 0 Å². The Bertz CT molecular complexity index is 241. The van der Waals surface area contributed by atoms with Gasteiger partial charge in [0.15, 0.2) is 0 Å². The maximum Gasteiger partial charge on any atom is 0.129 e. The van der Waals surface area contributed by atoms with E-state index in [4.69, 9.17) is 10.5 Å². The number of anilines is 1. The zero-order valence-corrected chi connectivity index (χ0v) is 5.72. The van der Waals surface area contributed by atoms with Gasteiger partial charge in [0.2, 0.25) is 0 Å². The number of hydrogen-bond donors (Lipinski definition) is 2. The van der Waals surface area contributed by atoms with Gasteiger partial charge in [-0.3, -0.25) is 5.10 Å². The number of rotatable bonds is 2. The first-order chi connectivity index (χ1) is 4.75. The fourth-order valence-electron chi connectivity index (χ4n) is 0.628.